The zero-order chi connectivity index (χ0) is 12.8. The summed E-state index contributed by atoms with van der Waals surface area (Å²) in [5.74, 6) is 0.760. The molecule has 0 aromatic carbocycles. The van der Waals surface area contributed by atoms with Crippen LogP contribution in [-0.4, -0.2) is 40.0 Å². The van der Waals surface area contributed by atoms with Gasteiger partial charge in [0.2, 0.25) is 0 Å². The third-order valence-corrected chi connectivity index (χ3v) is 2.58. The molecule has 17 heavy (non-hydrogen) atoms. The SMILES string of the molecule is COCCCOCCCCCCNCC(C)C. The van der Waals surface area contributed by atoms with Crippen molar-refractivity contribution >= 4 is 0 Å². The zero-order valence-corrected chi connectivity index (χ0v) is 12.0. The predicted octanol–water partition coefficient (Wildman–Crippen LogP) is 2.85. The van der Waals surface area contributed by atoms with Gasteiger partial charge >= 0.3 is 0 Å². The lowest BCUT2D eigenvalue weighted by Crippen LogP contribution is -2.20. The summed E-state index contributed by atoms with van der Waals surface area (Å²) in [5.41, 5.74) is 0. The average molecular weight is 245 g/mol. The summed E-state index contributed by atoms with van der Waals surface area (Å²) in [6, 6.07) is 0. The molecular formula is C14H31NO2. The Bertz CT molecular complexity index is 140. The van der Waals surface area contributed by atoms with Gasteiger partial charge in [0.05, 0.1) is 0 Å². The van der Waals surface area contributed by atoms with Crippen LogP contribution in [0.1, 0.15) is 46.0 Å². The Balaban J connectivity index is 2.89. The van der Waals surface area contributed by atoms with Crippen molar-refractivity contribution in [2.45, 2.75) is 46.0 Å². The van der Waals surface area contributed by atoms with Gasteiger partial charge in [0.25, 0.3) is 0 Å². The Hall–Kier alpha value is -0.120. The first-order chi connectivity index (χ1) is 8.27. The fourth-order valence-corrected chi connectivity index (χ4v) is 1.61. The average Bonchev–Trinajstić information content (AvgIpc) is 2.30. The van der Waals surface area contributed by atoms with Crippen LogP contribution in [0.15, 0.2) is 0 Å². The minimum absolute atomic E-state index is 0.760. The van der Waals surface area contributed by atoms with Crippen molar-refractivity contribution in [1.29, 1.82) is 0 Å². The van der Waals surface area contributed by atoms with Gasteiger partial charge < -0.3 is 14.8 Å². The Morgan fingerprint density at radius 2 is 1.59 bits per heavy atom. The molecule has 104 valence electrons. The summed E-state index contributed by atoms with van der Waals surface area (Å²) in [6.07, 6.45) is 6.09. The van der Waals surface area contributed by atoms with Crippen LogP contribution >= 0.6 is 0 Å². The van der Waals surface area contributed by atoms with E-state index in [-0.39, 0.29) is 0 Å². The summed E-state index contributed by atoms with van der Waals surface area (Å²) in [5, 5.41) is 3.46. The number of rotatable bonds is 13. The fourth-order valence-electron chi connectivity index (χ4n) is 1.61. The van der Waals surface area contributed by atoms with Gasteiger partial charge in [-0.05, 0) is 38.3 Å². The normalized spacial score (nSPS) is 11.3. The van der Waals surface area contributed by atoms with Crippen LogP contribution in [0.3, 0.4) is 0 Å². The van der Waals surface area contributed by atoms with Crippen LogP contribution < -0.4 is 5.32 Å². The smallest absolute Gasteiger partial charge is 0.0487 e. The van der Waals surface area contributed by atoms with Gasteiger partial charge in [-0.15, -0.1) is 0 Å². The summed E-state index contributed by atoms with van der Waals surface area (Å²) in [4.78, 5) is 0. The van der Waals surface area contributed by atoms with Crippen LogP contribution in [0, 0.1) is 5.92 Å². The van der Waals surface area contributed by atoms with Crippen molar-refractivity contribution in [3.63, 3.8) is 0 Å². The lowest BCUT2D eigenvalue weighted by atomic mass is 10.2. The van der Waals surface area contributed by atoms with Gasteiger partial charge in [-0.1, -0.05) is 26.7 Å². The highest BCUT2D eigenvalue weighted by atomic mass is 16.5. The highest BCUT2D eigenvalue weighted by Crippen LogP contribution is 2.00. The molecule has 0 spiro atoms. The highest BCUT2D eigenvalue weighted by molar-refractivity contribution is 4.52. The zero-order valence-electron chi connectivity index (χ0n) is 12.0. The maximum Gasteiger partial charge on any atom is 0.0487 e. The topological polar surface area (TPSA) is 30.5 Å². The maximum absolute atomic E-state index is 5.50. The van der Waals surface area contributed by atoms with E-state index < -0.39 is 0 Å². The molecule has 0 bridgehead atoms. The second kappa shape index (κ2) is 13.9. The Morgan fingerprint density at radius 1 is 0.882 bits per heavy atom. The first kappa shape index (κ1) is 16.9. The van der Waals surface area contributed by atoms with E-state index in [1.54, 1.807) is 7.11 Å². The van der Waals surface area contributed by atoms with E-state index in [1.807, 2.05) is 0 Å². The van der Waals surface area contributed by atoms with Crippen molar-refractivity contribution in [2.24, 2.45) is 5.92 Å². The molecule has 0 atom stereocenters. The molecule has 1 N–H and O–H groups in total. The first-order valence-electron chi connectivity index (χ1n) is 7.04. The third kappa shape index (κ3) is 15.9. The second-order valence-electron chi connectivity index (χ2n) is 4.97. The molecule has 0 fully saturated rings. The van der Waals surface area contributed by atoms with Crippen molar-refractivity contribution < 1.29 is 9.47 Å². The van der Waals surface area contributed by atoms with Crippen LogP contribution in [0.5, 0.6) is 0 Å². The lowest BCUT2D eigenvalue weighted by Gasteiger charge is -2.07. The number of unbranched alkanes of at least 4 members (excludes halogenated alkanes) is 3. The van der Waals surface area contributed by atoms with E-state index in [9.17, 15) is 0 Å². The van der Waals surface area contributed by atoms with E-state index in [2.05, 4.69) is 19.2 Å². The van der Waals surface area contributed by atoms with E-state index in [0.717, 1.165) is 45.2 Å². The third-order valence-electron chi connectivity index (χ3n) is 2.58. The molecule has 0 heterocycles. The Kier molecular flexibility index (Phi) is 13.8. The van der Waals surface area contributed by atoms with Gasteiger partial charge in [-0.3, -0.25) is 0 Å². The summed E-state index contributed by atoms with van der Waals surface area (Å²) in [6.45, 7) is 9.34. The standard InChI is InChI=1S/C14H31NO2/c1-14(2)13-15-9-6-4-5-7-11-17-12-8-10-16-3/h14-15H,4-13H2,1-3H3. The summed E-state index contributed by atoms with van der Waals surface area (Å²) >= 11 is 0. The fraction of sp³-hybridized carbons (Fsp3) is 1.00. The molecular weight excluding hydrogens is 214 g/mol. The molecule has 0 aromatic heterocycles. The number of ether oxygens (including phenoxy) is 2. The molecule has 0 radical (unpaired) electrons. The molecule has 0 aromatic rings. The first-order valence-corrected chi connectivity index (χ1v) is 7.04. The second-order valence-corrected chi connectivity index (χ2v) is 4.97. The molecule has 0 unspecified atom stereocenters. The number of hydrogen-bond donors (Lipinski definition) is 1. The highest BCUT2D eigenvalue weighted by Gasteiger charge is 1.94. The van der Waals surface area contributed by atoms with Crippen molar-refractivity contribution in [2.75, 3.05) is 40.0 Å². The lowest BCUT2D eigenvalue weighted by molar-refractivity contribution is 0.100. The Labute approximate surface area is 107 Å². The van der Waals surface area contributed by atoms with Crippen LogP contribution in [-0.2, 0) is 9.47 Å². The molecule has 0 aliphatic carbocycles. The summed E-state index contributed by atoms with van der Waals surface area (Å²) in [7, 11) is 1.73. The molecule has 0 saturated carbocycles. The molecule has 3 nitrogen and oxygen atoms in total. The largest absolute Gasteiger partial charge is 0.385 e. The predicted molar refractivity (Wildman–Crippen MR) is 73.5 cm³/mol. The van der Waals surface area contributed by atoms with Gasteiger partial charge in [0.15, 0.2) is 0 Å². The van der Waals surface area contributed by atoms with Crippen molar-refractivity contribution in [3.8, 4) is 0 Å². The molecule has 0 amide bonds. The number of nitrogens with one attached hydrogen (secondary N) is 1. The van der Waals surface area contributed by atoms with Crippen LogP contribution in [0.2, 0.25) is 0 Å². The molecule has 3 heteroatoms. The van der Waals surface area contributed by atoms with Gasteiger partial charge in [-0.2, -0.15) is 0 Å². The number of methoxy groups -OCH3 is 1. The molecule has 0 saturated heterocycles. The Morgan fingerprint density at radius 3 is 2.29 bits per heavy atom. The minimum atomic E-state index is 0.760. The molecule has 0 aliphatic rings. The maximum atomic E-state index is 5.50. The van der Waals surface area contributed by atoms with E-state index in [4.69, 9.17) is 9.47 Å². The van der Waals surface area contributed by atoms with E-state index in [1.165, 1.54) is 25.7 Å². The van der Waals surface area contributed by atoms with Crippen LogP contribution in [0.4, 0.5) is 0 Å². The van der Waals surface area contributed by atoms with E-state index >= 15 is 0 Å². The van der Waals surface area contributed by atoms with Crippen molar-refractivity contribution in [1.82, 2.24) is 5.32 Å². The molecule has 0 rings (SSSR count). The monoisotopic (exact) mass is 245 g/mol. The molecule has 0 aliphatic heterocycles. The summed E-state index contributed by atoms with van der Waals surface area (Å²) < 4.78 is 10.5. The van der Waals surface area contributed by atoms with Gasteiger partial charge in [0.1, 0.15) is 0 Å². The minimum Gasteiger partial charge on any atom is -0.385 e. The van der Waals surface area contributed by atoms with E-state index in [0.29, 0.717) is 0 Å². The number of hydrogen-bond acceptors (Lipinski definition) is 3. The van der Waals surface area contributed by atoms with Crippen molar-refractivity contribution in [3.05, 3.63) is 0 Å². The quantitative estimate of drug-likeness (QED) is 0.506. The van der Waals surface area contributed by atoms with Gasteiger partial charge in [0, 0.05) is 26.9 Å². The van der Waals surface area contributed by atoms with Gasteiger partial charge in [-0.25, -0.2) is 0 Å². The van der Waals surface area contributed by atoms with Crippen LogP contribution in [0.25, 0.3) is 0 Å².